The Balaban J connectivity index is 1.43. The molecule has 2 aliphatic carbocycles. The van der Waals surface area contributed by atoms with Gasteiger partial charge in [-0.25, -0.2) is 0 Å². The number of pyridine rings is 1. The summed E-state index contributed by atoms with van der Waals surface area (Å²) < 4.78 is 6.73. The van der Waals surface area contributed by atoms with E-state index in [0.29, 0.717) is 5.92 Å². The number of likely N-dealkylation sites (tertiary alicyclic amines) is 1. The average molecular weight is 477 g/mol. The molecule has 0 unspecified atom stereocenters. The monoisotopic (exact) mass is 476 g/mol. The van der Waals surface area contributed by atoms with Crippen molar-refractivity contribution in [3.05, 3.63) is 69.8 Å². The zero-order chi connectivity index (χ0) is 21.0. The van der Waals surface area contributed by atoms with E-state index < -0.39 is 0 Å². The van der Waals surface area contributed by atoms with Crippen LogP contribution in [0.5, 0.6) is 5.75 Å². The highest BCUT2D eigenvalue weighted by molar-refractivity contribution is 9.10. The number of rotatable bonds is 4. The van der Waals surface area contributed by atoms with E-state index in [1.807, 2.05) is 0 Å². The Morgan fingerprint density at radius 3 is 2.90 bits per heavy atom. The molecule has 2 heterocycles. The maximum absolute atomic E-state index is 5.61. The van der Waals surface area contributed by atoms with Crippen LogP contribution in [0.25, 0.3) is 10.9 Å². The van der Waals surface area contributed by atoms with Gasteiger partial charge in [-0.2, -0.15) is 0 Å². The highest BCUT2D eigenvalue weighted by Gasteiger charge is 2.48. The van der Waals surface area contributed by atoms with Gasteiger partial charge in [0.15, 0.2) is 0 Å². The Morgan fingerprint density at radius 2 is 2.06 bits per heavy atom. The van der Waals surface area contributed by atoms with E-state index in [9.17, 15) is 0 Å². The number of hydrogen-bond donors (Lipinski definition) is 0. The number of piperidine rings is 1. The van der Waals surface area contributed by atoms with Crippen LogP contribution >= 0.6 is 15.9 Å². The van der Waals surface area contributed by atoms with Crippen molar-refractivity contribution in [2.45, 2.75) is 37.5 Å². The maximum Gasteiger partial charge on any atom is 0.119 e. The van der Waals surface area contributed by atoms with Gasteiger partial charge in [0, 0.05) is 40.5 Å². The van der Waals surface area contributed by atoms with Crippen LogP contribution in [0.1, 0.15) is 36.1 Å². The molecular formula is C27H29BrN2O. The van der Waals surface area contributed by atoms with Crippen molar-refractivity contribution >= 4 is 26.8 Å². The largest absolute Gasteiger partial charge is 0.497 e. The van der Waals surface area contributed by atoms with E-state index in [4.69, 9.17) is 9.72 Å². The zero-order valence-electron chi connectivity index (χ0n) is 18.1. The molecule has 2 aromatic carbocycles. The molecule has 1 saturated heterocycles. The van der Waals surface area contributed by atoms with Gasteiger partial charge in [0.1, 0.15) is 5.75 Å². The number of methoxy groups -OCH3 is 1. The van der Waals surface area contributed by atoms with Crippen LogP contribution in [0, 0.1) is 11.8 Å². The first-order valence-electron chi connectivity index (χ1n) is 11.6. The molecule has 31 heavy (non-hydrogen) atoms. The van der Waals surface area contributed by atoms with E-state index in [-0.39, 0.29) is 5.41 Å². The number of halogens is 1. The molecule has 1 saturated carbocycles. The standard InChI is InChI=1S/C27H29BrN2O/c1-31-24-4-2-3-21(14-24)27-9-10-30(16-18-5-6-18)17-22(27)12-19-11-20-13-23(28)7-8-25(20)29-26(19)15-27/h2-4,7-8,11,13-14,18,22H,5-6,9-10,12,15-17H2,1H3/t22-,27-/m0/s1. The highest BCUT2D eigenvalue weighted by atomic mass is 79.9. The molecule has 160 valence electrons. The van der Waals surface area contributed by atoms with Crippen molar-refractivity contribution in [3.8, 4) is 5.75 Å². The average Bonchev–Trinajstić information content (AvgIpc) is 3.60. The molecule has 3 aliphatic rings. The fourth-order valence-electron chi connectivity index (χ4n) is 6.00. The molecule has 2 atom stereocenters. The van der Waals surface area contributed by atoms with Gasteiger partial charge in [0.05, 0.1) is 12.6 Å². The Labute approximate surface area is 192 Å². The smallest absolute Gasteiger partial charge is 0.119 e. The van der Waals surface area contributed by atoms with E-state index in [1.165, 1.54) is 61.1 Å². The fourth-order valence-corrected chi connectivity index (χ4v) is 6.38. The van der Waals surface area contributed by atoms with Gasteiger partial charge >= 0.3 is 0 Å². The number of hydrogen-bond acceptors (Lipinski definition) is 3. The third-order valence-corrected chi connectivity index (χ3v) is 8.38. The van der Waals surface area contributed by atoms with Crippen LogP contribution < -0.4 is 4.74 Å². The molecule has 6 rings (SSSR count). The summed E-state index contributed by atoms with van der Waals surface area (Å²) in [5, 5.41) is 1.24. The van der Waals surface area contributed by atoms with Gasteiger partial charge in [-0.15, -0.1) is 0 Å². The van der Waals surface area contributed by atoms with Gasteiger partial charge in [-0.1, -0.05) is 28.1 Å². The van der Waals surface area contributed by atoms with Crippen molar-refractivity contribution in [1.29, 1.82) is 0 Å². The topological polar surface area (TPSA) is 25.4 Å². The fraction of sp³-hybridized carbons (Fsp3) is 0.444. The first kappa shape index (κ1) is 19.8. The molecule has 3 aromatic rings. The number of ether oxygens (including phenoxy) is 1. The quantitative estimate of drug-likeness (QED) is 0.477. The maximum atomic E-state index is 5.61. The zero-order valence-corrected chi connectivity index (χ0v) is 19.7. The lowest BCUT2D eigenvalue weighted by atomic mass is 9.58. The minimum atomic E-state index is 0.150. The van der Waals surface area contributed by atoms with E-state index in [0.717, 1.165) is 34.5 Å². The predicted molar refractivity (Wildman–Crippen MR) is 129 cm³/mol. The second-order valence-electron chi connectivity index (χ2n) is 9.85. The predicted octanol–water partition coefficient (Wildman–Crippen LogP) is 5.77. The van der Waals surface area contributed by atoms with Crippen molar-refractivity contribution in [2.24, 2.45) is 11.8 Å². The second kappa shape index (κ2) is 7.60. The number of benzene rings is 2. The lowest BCUT2D eigenvalue weighted by Gasteiger charge is -2.51. The molecule has 2 fully saturated rings. The highest BCUT2D eigenvalue weighted by Crippen LogP contribution is 2.49. The first-order chi connectivity index (χ1) is 15.1. The normalized spacial score (nSPS) is 25.8. The van der Waals surface area contributed by atoms with Crippen LogP contribution in [-0.4, -0.2) is 36.6 Å². The molecular weight excluding hydrogens is 448 g/mol. The molecule has 4 heteroatoms. The van der Waals surface area contributed by atoms with Gasteiger partial charge in [-0.05, 0) is 91.6 Å². The molecule has 3 nitrogen and oxygen atoms in total. The van der Waals surface area contributed by atoms with Crippen molar-refractivity contribution in [1.82, 2.24) is 9.88 Å². The third-order valence-electron chi connectivity index (χ3n) is 7.89. The van der Waals surface area contributed by atoms with Gasteiger partial charge in [0.2, 0.25) is 0 Å². The number of nitrogens with zero attached hydrogens (tertiary/aromatic N) is 2. The van der Waals surface area contributed by atoms with Gasteiger partial charge in [0.25, 0.3) is 0 Å². The van der Waals surface area contributed by atoms with Crippen molar-refractivity contribution in [2.75, 3.05) is 26.7 Å². The lowest BCUT2D eigenvalue weighted by Crippen LogP contribution is -2.54. The van der Waals surface area contributed by atoms with Crippen LogP contribution in [0.4, 0.5) is 0 Å². The SMILES string of the molecule is COc1cccc([C@@]23CCN(CC4CC4)C[C@@H]2Cc2cc4cc(Br)ccc4nc2C3)c1. The first-order valence-corrected chi connectivity index (χ1v) is 12.4. The van der Waals surface area contributed by atoms with Crippen LogP contribution in [-0.2, 0) is 18.3 Å². The van der Waals surface area contributed by atoms with Crippen LogP contribution in [0.2, 0.25) is 0 Å². The second-order valence-corrected chi connectivity index (χ2v) is 10.8. The van der Waals surface area contributed by atoms with Crippen molar-refractivity contribution < 1.29 is 4.74 Å². The van der Waals surface area contributed by atoms with E-state index in [1.54, 1.807) is 7.11 Å². The minimum absolute atomic E-state index is 0.150. The Morgan fingerprint density at radius 1 is 1.16 bits per heavy atom. The molecule has 1 aromatic heterocycles. The molecule has 0 radical (unpaired) electrons. The summed E-state index contributed by atoms with van der Waals surface area (Å²) in [6, 6.07) is 17.7. The molecule has 0 N–H and O–H groups in total. The molecule has 0 spiro atoms. The summed E-state index contributed by atoms with van der Waals surface area (Å²) in [6.45, 7) is 3.68. The summed E-state index contributed by atoms with van der Waals surface area (Å²) in [6.07, 6.45) is 6.20. The van der Waals surface area contributed by atoms with Gasteiger partial charge in [-0.3, -0.25) is 4.98 Å². The van der Waals surface area contributed by atoms with Crippen molar-refractivity contribution in [3.63, 3.8) is 0 Å². The summed E-state index contributed by atoms with van der Waals surface area (Å²) in [4.78, 5) is 7.92. The minimum Gasteiger partial charge on any atom is -0.497 e. The Bertz CT molecular complexity index is 1140. The summed E-state index contributed by atoms with van der Waals surface area (Å²) in [5.41, 5.74) is 5.43. The summed E-state index contributed by atoms with van der Waals surface area (Å²) >= 11 is 3.63. The number of aromatic nitrogens is 1. The molecule has 0 bridgehead atoms. The van der Waals surface area contributed by atoms with Crippen LogP contribution in [0.3, 0.4) is 0 Å². The Hall–Kier alpha value is -1.91. The van der Waals surface area contributed by atoms with Gasteiger partial charge < -0.3 is 9.64 Å². The summed E-state index contributed by atoms with van der Waals surface area (Å²) in [5.74, 6) is 2.53. The third kappa shape index (κ3) is 3.58. The molecule has 1 aliphatic heterocycles. The lowest BCUT2D eigenvalue weighted by molar-refractivity contribution is 0.0777. The van der Waals surface area contributed by atoms with E-state index >= 15 is 0 Å². The number of fused-ring (bicyclic) bond motifs is 3. The van der Waals surface area contributed by atoms with E-state index in [2.05, 4.69) is 69.4 Å². The molecule has 0 amide bonds. The summed E-state index contributed by atoms with van der Waals surface area (Å²) in [7, 11) is 1.77. The Kier molecular flexibility index (Phi) is 4.84. The van der Waals surface area contributed by atoms with Crippen LogP contribution in [0.15, 0.2) is 53.0 Å².